The van der Waals surface area contributed by atoms with Crippen LogP contribution in [-0.4, -0.2) is 21.1 Å². The Morgan fingerprint density at radius 3 is 2.71 bits per heavy atom. The van der Waals surface area contributed by atoms with E-state index < -0.39 is 11.2 Å². The van der Waals surface area contributed by atoms with Crippen molar-refractivity contribution in [2.75, 3.05) is 17.2 Å². The van der Waals surface area contributed by atoms with E-state index >= 15 is 0 Å². The SMILES string of the molecule is CCCCn1c(N)c(N(Cc2nc3ccccc3o2)CC(C)C)c(=O)[nH]c1=O. The van der Waals surface area contributed by atoms with Crippen LogP contribution in [0.5, 0.6) is 0 Å². The van der Waals surface area contributed by atoms with Gasteiger partial charge in [0.1, 0.15) is 17.0 Å². The van der Waals surface area contributed by atoms with E-state index in [1.54, 1.807) is 0 Å². The number of fused-ring (bicyclic) bond motifs is 1. The lowest BCUT2D eigenvalue weighted by molar-refractivity contribution is 0.502. The van der Waals surface area contributed by atoms with Crippen LogP contribution < -0.4 is 21.9 Å². The van der Waals surface area contributed by atoms with Gasteiger partial charge >= 0.3 is 5.69 Å². The third-order valence-electron chi connectivity index (χ3n) is 4.52. The van der Waals surface area contributed by atoms with Gasteiger partial charge in [-0.1, -0.05) is 39.3 Å². The van der Waals surface area contributed by atoms with Crippen LogP contribution in [0.1, 0.15) is 39.5 Å². The molecule has 0 saturated carbocycles. The van der Waals surface area contributed by atoms with Crippen molar-refractivity contribution in [3.63, 3.8) is 0 Å². The molecule has 0 bridgehead atoms. The molecule has 150 valence electrons. The third-order valence-corrected chi connectivity index (χ3v) is 4.52. The highest BCUT2D eigenvalue weighted by Gasteiger charge is 2.21. The molecule has 3 rings (SSSR count). The first kappa shape index (κ1) is 19.7. The van der Waals surface area contributed by atoms with Gasteiger partial charge < -0.3 is 15.1 Å². The number of benzene rings is 1. The minimum Gasteiger partial charge on any atom is -0.439 e. The van der Waals surface area contributed by atoms with Gasteiger partial charge in [0, 0.05) is 13.1 Å². The lowest BCUT2D eigenvalue weighted by atomic mass is 10.2. The van der Waals surface area contributed by atoms with Crippen molar-refractivity contribution >= 4 is 22.6 Å². The second-order valence-corrected chi connectivity index (χ2v) is 7.35. The summed E-state index contributed by atoms with van der Waals surface area (Å²) >= 11 is 0. The van der Waals surface area contributed by atoms with Crippen LogP contribution in [0.25, 0.3) is 11.1 Å². The fraction of sp³-hybridized carbons (Fsp3) is 0.450. The van der Waals surface area contributed by atoms with Gasteiger partial charge in [-0.2, -0.15) is 0 Å². The van der Waals surface area contributed by atoms with E-state index in [-0.39, 0.29) is 24.0 Å². The Hall–Kier alpha value is -3.03. The Labute approximate surface area is 163 Å². The predicted octanol–water partition coefficient (Wildman–Crippen LogP) is 2.72. The normalized spacial score (nSPS) is 11.4. The highest BCUT2D eigenvalue weighted by molar-refractivity contribution is 5.72. The highest BCUT2D eigenvalue weighted by Crippen LogP contribution is 2.22. The topological polar surface area (TPSA) is 110 Å². The number of rotatable bonds is 8. The number of unbranched alkanes of at least 4 members (excludes halogenated alkanes) is 1. The van der Waals surface area contributed by atoms with E-state index in [2.05, 4.69) is 23.8 Å². The van der Waals surface area contributed by atoms with Crippen molar-refractivity contribution < 1.29 is 4.42 Å². The zero-order valence-electron chi connectivity index (χ0n) is 16.6. The van der Waals surface area contributed by atoms with Gasteiger partial charge in [0.25, 0.3) is 5.56 Å². The average Bonchev–Trinajstić information content (AvgIpc) is 3.03. The average molecular weight is 385 g/mol. The molecule has 0 spiro atoms. The fourth-order valence-corrected chi connectivity index (χ4v) is 3.25. The molecule has 0 saturated heterocycles. The smallest absolute Gasteiger partial charge is 0.330 e. The summed E-state index contributed by atoms with van der Waals surface area (Å²) in [6, 6.07) is 7.51. The van der Waals surface area contributed by atoms with Gasteiger partial charge in [0.2, 0.25) is 5.89 Å². The van der Waals surface area contributed by atoms with Crippen LogP contribution in [0.2, 0.25) is 0 Å². The number of nitrogens with two attached hydrogens (primary N) is 1. The second-order valence-electron chi connectivity index (χ2n) is 7.35. The van der Waals surface area contributed by atoms with Gasteiger partial charge in [-0.25, -0.2) is 9.78 Å². The largest absolute Gasteiger partial charge is 0.439 e. The third kappa shape index (κ3) is 4.11. The number of para-hydroxylation sites is 2. The van der Waals surface area contributed by atoms with Crippen LogP contribution in [0, 0.1) is 5.92 Å². The number of aromatic nitrogens is 3. The fourth-order valence-electron chi connectivity index (χ4n) is 3.25. The summed E-state index contributed by atoms with van der Waals surface area (Å²) < 4.78 is 7.26. The molecular weight excluding hydrogens is 358 g/mol. The quantitative estimate of drug-likeness (QED) is 0.617. The molecule has 0 radical (unpaired) electrons. The maximum absolute atomic E-state index is 12.6. The summed E-state index contributed by atoms with van der Waals surface area (Å²) in [5.74, 6) is 0.935. The van der Waals surface area contributed by atoms with Crippen LogP contribution in [0.4, 0.5) is 11.5 Å². The molecule has 0 atom stereocenters. The molecule has 8 nitrogen and oxygen atoms in total. The summed E-state index contributed by atoms with van der Waals surface area (Å²) in [6.45, 7) is 7.45. The number of H-pyrrole nitrogens is 1. The van der Waals surface area contributed by atoms with Crippen LogP contribution >= 0.6 is 0 Å². The van der Waals surface area contributed by atoms with Gasteiger partial charge in [-0.3, -0.25) is 14.3 Å². The molecule has 1 aromatic carbocycles. The lowest BCUT2D eigenvalue weighted by Gasteiger charge is -2.26. The molecule has 0 aliphatic carbocycles. The molecular formula is C20H27N5O3. The number of nitrogen functional groups attached to an aromatic ring is 1. The Bertz CT molecular complexity index is 1030. The zero-order valence-corrected chi connectivity index (χ0v) is 16.6. The molecule has 3 N–H and O–H groups in total. The van der Waals surface area contributed by atoms with E-state index in [9.17, 15) is 9.59 Å². The Morgan fingerprint density at radius 2 is 2.04 bits per heavy atom. The first-order valence-corrected chi connectivity index (χ1v) is 9.62. The van der Waals surface area contributed by atoms with Crippen molar-refractivity contribution in [3.8, 4) is 0 Å². The predicted molar refractivity (Wildman–Crippen MR) is 111 cm³/mol. The maximum Gasteiger partial charge on any atom is 0.330 e. The second kappa shape index (κ2) is 8.33. The van der Waals surface area contributed by atoms with Gasteiger partial charge in [-0.15, -0.1) is 0 Å². The van der Waals surface area contributed by atoms with Gasteiger partial charge in [0.05, 0.1) is 6.54 Å². The van der Waals surface area contributed by atoms with Crippen molar-refractivity contribution in [1.29, 1.82) is 0 Å². The molecule has 3 aromatic rings. The summed E-state index contributed by atoms with van der Waals surface area (Å²) in [7, 11) is 0. The highest BCUT2D eigenvalue weighted by atomic mass is 16.3. The molecule has 0 aliphatic heterocycles. The zero-order chi connectivity index (χ0) is 20.3. The van der Waals surface area contributed by atoms with Crippen LogP contribution in [0.15, 0.2) is 38.3 Å². The van der Waals surface area contributed by atoms with Gasteiger partial charge in [-0.05, 0) is 24.5 Å². The van der Waals surface area contributed by atoms with E-state index in [0.717, 1.165) is 18.4 Å². The van der Waals surface area contributed by atoms with Crippen molar-refractivity contribution in [1.82, 2.24) is 14.5 Å². The number of hydrogen-bond acceptors (Lipinski definition) is 6. The van der Waals surface area contributed by atoms with Crippen molar-refractivity contribution in [2.45, 2.75) is 46.7 Å². The summed E-state index contributed by atoms with van der Waals surface area (Å²) in [5.41, 5.74) is 7.04. The van der Waals surface area contributed by atoms with Crippen LogP contribution in [-0.2, 0) is 13.1 Å². The Balaban J connectivity index is 2.03. The number of aromatic amines is 1. The van der Waals surface area contributed by atoms with E-state index in [4.69, 9.17) is 10.2 Å². The van der Waals surface area contributed by atoms with Gasteiger partial charge in [0.15, 0.2) is 5.58 Å². The molecule has 0 aliphatic rings. The molecule has 0 amide bonds. The number of oxazole rings is 1. The van der Waals surface area contributed by atoms with Crippen LogP contribution in [0.3, 0.4) is 0 Å². The first-order chi connectivity index (χ1) is 13.4. The first-order valence-electron chi connectivity index (χ1n) is 9.62. The number of hydrogen-bond donors (Lipinski definition) is 2. The van der Waals surface area contributed by atoms with Crippen molar-refractivity contribution in [2.24, 2.45) is 5.92 Å². The van der Waals surface area contributed by atoms with E-state index in [0.29, 0.717) is 24.6 Å². The Morgan fingerprint density at radius 1 is 1.29 bits per heavy atom. The molecule has 8 heteroatoms. The number of nitrogens with zero attached hydrogens (tertiary/aromatic N) is 3. The Kier molecular flexibility index (Phi) is 5.87. The summed E-state index contributed by atoms with van der Waals surface area (Å²) in [4.78, 5) is 33.6. The lowest BCUT2D eigenvalue weighted by Crippen LogP contribution is -2.39. The minimum absolute atomic E-state index is 0.180. The standard InChI is InChI=1S/C20H27N5O3/c1-4-5-10-25-18(21)17(19(26)23-20(25)27)24(11-13(2)3)12-16-22-14-8-6-7-9-15(14)28-16/h6-9,13H,4-5,10-12,21H2,1-3H3,(H,23,26,27). The number of nitrogens with one attached hydrogen (secondary N) is 1. The summed E-state index contributed by atoms with van der Waals surface area (Å²) in [6.07, 6.45) is 1.71. The number of anilines is 2. The monoisotopic (exact) mass is 385 g/mol. The van der Waals surface area contributed by atoms with Crippen molar-refractivity contribution in [3.05, 3.63) is 51.0 Å². The summed E-state index contributed by atoms with van der Waals surface area (Å²) in [5, 5.41) is 0. The molecule has 0 unspecified atom stereocenters. The molecule has 28 heavy (non-hydrogen) atoms. The molecule has 2 aromatic heterocycles. The maximum atomic E-state index is 12.6. The van der Waals surface area contributed by atoms with E-state index in [1.165, 1.54) is 4.57 Å². The molecule has 0 fully saturated rings. The molecule has 2 heterocycles. The minimum atomic E-state index is -0.494. The van der Waals surface area contributed by atoms with E-state index in [1.807, 2.05) is 36.1 Å².